The normalized spacial score (nSPS) is 14.8. The summed E-state index contributed by atoms with van der Waals surface area (Å²) < 4.78 is 29.3. The lowest BCUT2D eigenvalue weighted by molar-refractivity contribution is -0.132. The highest BCUT2D eigenvalue weighted by Crippen LogP contribution is 2.22. The SMILES string of the molecule is CNCCC(=O)N1CCN(C(=O)c2ccccc2OC(F)F)CC1. The number of ether oxygens (including phenoxy) is 1. The Bertz CT molecular complexity index is 575. The van der Waals surface area contributed by atoms with Crippen molar-refractivity contribution >= 4 is 11.8 Å². The summed E-state index contributed by atoms with van der Waals surface area (Å²) in [7, 11) is 1.78. The quantitative estimate of drug-likeness (QED) is 0.844. The molecule has 1 aliphatic heterocycles. The van der Waals surface area contributed by atoms with Crippen LogP contribution in [-0.2, 0) is 4.79 Å². The summed E-state index contributed by atoms with van der Waals surface area (Å²) in [4.78, 5) is 27.8. The molecule has 1 N–H and O–H groups in total. The molecule has 24 heavy (non-hydrogen) atoms. The zero-order chi connectivity index (χ0) is 17.5. The van der Waals surface area contributed by atoms with E-state index in [1.165, 1.54) is 18.2 Å². The number of carbonyl (C=O) groups is 2. The van der Waals surface area contributed by atoms with E-state index in [0.717, 1.165) is 0 Å². The monoisotopic (exact) mass is 341 g/mol. The number of carbonyl (C=O) groups excluding carboxylic acids is 2. The molecule has 8 heteroatoms. The molecule has 1 aliphatic rings. The van der Waals surface area contributed by atoms with E-state index in [4.69, 9.17) is 0 Å². The summed E-state index contributed by atoms with van der Waals surface area (Å²) in [6.45, 7) is -0.768. The van der Waals surface area contributed by atoms with E-state index in [-0.39, 0.29) is 23.1 Å². The van der Waals surface area contributed by atoms with Crippen LogP contribution in [0.4, 0.5) is 8.78 Å². The first-order chi connectivity index (χ1) is 11.5. The Morgan fingerprint density at radius 3 is 2.42 bits per heavy atom. The molecule has 132 valence electrons. The molecule has 2 amide bonds. The number of alkyl halides is 2. The van der Waals surface area contributed by atoms with Gasteiger partial charge in [0.2, 0.25) is 5.91 Å². The van der Waals surface area contributed by atoms with Crippen LogP contribution in [0, 0.1) is 0 Å². The second kappa shape index (κ2) is 8.58. The van der Waals surface area contributed by atoms with Gasteiger partial charge < -0.3 is 19.9 Å². The number of rotatable bonds is 6. The van der Waals surface area contributed by atoms with E-state index in [1.807, 2.05) is 0 Å². The van der Waals surface area contributed by atoms with E-state index in [1.54, 1.807) is 22.9 Å². The summed E-state index contributed by atoms with van der Waals surface area (Å²) >= 11 is 0. The summed E-state index contributed by atoms with van der Waals surface area (Å²) in [5, 5.41) is 2.92. The van der Waals surface area contributed by atoms with Crippen LogP contribution in [-0.4, -0.2) is 68.0 Å². The standard InChI is InChI=1S/C16H21F2N3O3/c1-19-7-6-14(22)20-8-10-21(11-9-20)15(23)12-4-2-3-5-13(12)24-16(17)18/h2-5,16,19H,6-11H2,1H3. The predicted octanol–water partition coefficient (Wildman–Crippen LogP) is 1.18. The van der Waals surface area contributed by atoms with Crippen molar-refractivity contribution in [3.05, 3.63) is 29.8 Å². The highest BCUT2D eigenvalue weighted by molar-refractivity contribution is 5.97. The topological polar surface area (TPSA) is 61.9 Å². The molecular weight excluding hydrogens is 320 g/mol. The van der Waals surface area contributed by atoms with Crippen LogP contribution in [0.15, 0.2) is 24.3 Å². The first kappa shape index (κ1) is 18.1. The lowest BCUT2D eigenvalue weighted by Crippen LogP contribution is -2.51. The molecule has 0 spiro atoms. The number of halogens is 2. The Morgan fingerprint density at radius 1 is 1.17 bits per heavy atom. The third-order valence-corrected chi connectivity index (χ3v) is 3.84. The van der Waals surface area contributed by atoms with Gasteiger partial charge in [-0.15, -0.1) is 0 Å². The number of benzene rings is 1. The fourth-order valence-electron chi connectivity index (χ4n) is 2.56. The van der Waals surface area contributed by atoms with Crippen LogP contribution in [0.3, 0.4) is 0 Å². The van der Waals surface area contributed by atoms with Gasteiger partial charge >= 0.3 is 6.61 Å². The van der Waals surface area contributed by atoms with Gasteiger partial charge in [-0.3, -0.25) is 9.59 Å². The first-order valence-electron chi connectivity index (χ1n) is 7.78. The zero-order valence-electron chi connectivity index (χ0n) is 13.5. The van der Waals surface area contributed by atoms with Gasteiger partial charge in [-0.2, -0.15) is 8.78 Å². The maximum atomic E-state index is 12.5. The van der Waals surface area contributed by atoms with Gasteiger partial charge in [0.1, 0.15) is 5.75 Å². The van der Waals surface area contributed by atoms with Crippen molar-refractivity contribution in [1.82, 2.24) is 15.1 Å². The van der Waals surface area contributed by atoms with Crippen molar-refractivity contribution < 1.29 is 23.1 Å². The Kier molecular flexibility index (Phi) is 6.48. The van der Waals surface area contributed by atoms with E-state index < -0.39 is 6.61 Å². The molecule has 2 rings (SSSR count). The van der Waals surface area contributed by atoms with E-state index in [2.05, 4.69) is 10.1 Å². The molecule has 1 aromatic rings. The lowest BCUT2D eigenvalue weighted by atomic mass is 10.1. The van der Waals surface area contributed by atoms with Crippen LogP contribution in [0.25, 0.3) is 0 Å². The maximum Gasteiger partial charge on any atom is 0.387 e. The number of para-hydroxylation sites is 1. The summed E-state index contributed by atoms with van der Waals surface area (Å²) in [5.41, 5.74) is 0.104. The zero-order valence-corrected chi connectivity index (χ0v) is 13.5. The van der Waals surface area contributed by atoms with Gasteiger partial charge in [-0.25, -0.2) is 0 Å². The molecule has 0 radical (unpaired) electrons. The van der Waals surface area contributed by atoms with Crippen molar-refractivity contribution in [3.63, 3.8) is 0 Å². The van der Waals surface area contributed by atoms with Gasteiger partial charge in [0.05, 0.1) is 5.56 Å². The number of amides is 2. The largest absolute Gasteiger partial charge is 0.434 e. The fourth-order valence-corrected chi connectivity index (χ4v) is 2.56. The fraction of sp³-hybridized carbons (Fsp3) is 0.500. The van der Waals surface area contributed by atoms with Gasteiger partial charge in [0, 0.05) is 39.1 Å². The average molecular weight is 341 g/mol. The van der Waals surface area contributed by atoms with Crippen molar-refractivity contribution in [2.45, 2.75) is 13.0 Å². The van der Waals surface area contributed by atoms with Crippen LogP contribution in [0.1, 0.15) is 16.8 Å². The molecular formula is C16H21F2N3O3. The Hall–Kier alpha value is -2.22. The molecule has 1 aromatic carbocycles. The Morgan fingerprint density at radius 2 is 1.79 bits per heavy atom. The highest BCUT2D eigenvalue weighted by Gasteiger charge is 2.26. The van der Waals surface area contributed by atoms with E-state index in [0.29, 0.717) is 39.1 Å². The maximum absolute atomic E-state index is 12.5. The molecule has 0 unspecified atom stereocenters. The van der Waals surface area contributed by atoms with Crippen LogP contribution in [0.2, 0.25) is 0 Å². The molecule has 1 heterocycles. The summed E-state index contributed by atoms with van der Waals surface area (Å²) in [6.07, 6.45) is 0.412. The van der Waals surface area contributed by atoms with Gasteiger partial charge in [-0.05, 0) is 19.2 Å². The van der Waals surface area contributed by atoms with Crippen LogP contribution < -0.4 is 10.1 Å². The lowest BCUT2D eigenvalue weighted by Gasteiger charge is -2.35. The molecule has 1 saturated heterocycles. The molecule has 0 bridgehead atoms. The molecule has 0 aromatic heterocycles. The third-order valence-electron chi connectivity index (χ3n) is 3.84. The van der Waals surface area contributed by atoms with Crippen molar-refractivity contribution in [2.24, 2.45) is 0 Å². The smallest absolute Gasteiger partial charge is 0.387 e. The second-order valence-electron chi connectivity index (χ2n) is 5.40. The molecule has 0 aliphatic carbocycles. The van der Waals surface area contributed by atoms with Crippen LogP contribution >= 0.6 is 0 Å². The minimum absolute atomic E-state index is 0.0397. The van der Waals surface area contributed by atoms with Gasteiger partial charge in [0.15, 0.2) is 0 Å². The minimum Gasteiger partial charge on any atom is -0.434 e. The summed E-state index contributed by atoms with van der Waals surface area (Å²) in [6, 6.07) is 5.94. The Balaban J connectivity index is 1.97. The van der Waals surface area contributed by atoms with E-state index in [9.17, 15) is 18.4 Å². The second-order valence-corrected chi connectivity index (χ2v) is 5.40. The molecule has 0 saturated carbocycles. The number of nitrogens with zero attached hydrogens (tertiary/aromatic N) is 2. The first-order valence-corrected chi connectivity index (χ1v) is 7.78. The number of nitrogens with one attached hydrogen (secondary N) is 1. The number of piperazine rings is 1. The van der Waals surface area contributed by atoms with Crippen molar-refractivity contribution in [1.29, 1.82) is 0 Å². The number of hydrogen-bond donors (Lipinski definition) is 1. The highest BCUT2D eigenvalue weighted by atomic mass is 19.3. The van der Waals surface area contributed by atoms with Crippen LogP contribution in [0.5, 0.6) is 5.75 Å². The average Bonchev–Trinajstić information content (AvgIpc) is 2.59. The molecule has 0 atom stereocenters. The predicted molar refractivity (Wildman–Crippen MR) is 84.1 cm³/mol. The summed E-state index contributed by atoms with van der Waals surface area (Å²) in [5.74, 6) is -0.462. The Labute approximate surface area is 139 Å². The number of hydrogen-bond acceptors (Lipinski definition) is 4. The molecule has 1 fully saturated rings. The minimum atomic E-state index is -2.99. The van der Waals surface area contributed by atoms with Crippen molar-refractivity contribution in [3.8, 4) is 5.75 Å². The third kappa shape index (κ3) is 4.64. The van der Waals surface area contributed by atoms with Gasteiger partial charge in [-0.1, -0.05) is 12.1 Å². The van der Waals surface area contributed by atoms with E-state index >= 15 is 0 Å². The van der Waals surface area contributed by atoms with Crippen molar-refractivity contribution in [2.75, 3.05) is 39.8 Å². The molecule has 6 nitrogen and oxygen atoms in total. The van der Waals surface area contributed by atoms with Gasteiger partial charge in [0.25, 0.3) is 5.91 Å².